The molecule has 1 N–H and O–H groups in total. The van der Waals surface area contributed by atoms with Crippen molar-refractivity contribution >= 4 is 11.8 Å². The lowest BCUT2D eigenvalue weighted by Gasteiger charge is -2.45. The number of aromatic nitrogens is 2. The topological polar surface area (TPSA) is 64.1 Å². The van der Waals surface area contributed by atoms with Crippen LogP contribution in [-0.2, 0) is 4.74 Å². The van der Waals surface area contributed by atoms with Crippen molar-refractivity contribution in [2.75, 3.05) is 12.4 Å². The Morgan fingerprint density at radius 1 is 1.19 bits per heavy atom. The SMILES string of the molecule is COC(=O)c1ccc(NC2CC(C)(C)CC(C)(C)C2)nn1. The van der Waals surface area contributed by atoms with Crippen LogP contribution in [0.15, 0.2) is 12.1 Å². The van der Waals surface area contributed by atoms with E-state index in [4.69, 9.17) is 0 Å². The first-order valence-corrected chi connectivity index (χ1v) is 7.39. The van der Waals surface area contributed by atoms with Gasteiger partial charge >= 0.3 is 5.97 Å². The Morgan fingerprint density at radius 3 is 2.29 bits per heavy atom. The molecule has 116 valence electrons. The highest BCUT2D eigenvalue weighted by atomic mass is 16.5. The summed E-state index contributed by atoms with van der Waals surface area (Å²) in [5.74, 6) is 0.245. The maximum absolute atomic E-state index is 11.3. The molecule has 1 aliphatic rings. The molecule has 0 atom stereocenters. The molecule has 5 heteroatoms. The molecule has 0 amide bonds. The highest BCUT2D eigenvalue weighted by molar-refractivity contribution is 5.86. The van der Waals surface area contributed by atoms with Crippen LogP contribution >= 0.6 is 0 Å². The van der Waals surface area contributed by atoms with Crippen LogP contribution in [0.25, 0.3) is 0 Å². The average molecular weight is 291 g/mol. The fourth-order valence-corrected chi connectivity index (χ4v) is 3.78. The van der Waals surface area contributed by atoms with Gasteiger partial charge in [0.1, 0.15) is 5.82 Å². The average Bonchev–Trinajstić information content (AvgIpc) is 2.35. The first kappa shape index (κ1) is 15.7. The Balaban J connectivity index is 2.06. The van der Waals surface area contributed by atoms with Crippen LogP contribution in [0.1, 0.15) is 57.4 Å². The van der Waals surface area contributed by atoms with Gasteiger partial charge in [-0.3, -0.25) is 0 Å². The van der Waals surface area contributed by atoms with Crippen molar-refractivity contribution in [2.24, 2.45) is 10.8 Å². The summed E-state index contributed by atoms with van der Waals surface area (Å²) in [7, 11) is 1.34. The smallest absolute Gasteiger partial charge is 0.358 e. The summed E-state index contributed by atoms with van der Waals surface area (Å²) < 4.78 is 4.62. The second-order valence-electron chi connectivity index (χ2n) is 7.55. The zero-order valence-electron chi connectivity index (χ0n) is 13.6. The summed E-state index contributed by atoms with van der Waals surface area (Å²) in [6.07, 6.45) is 3.44. The summed E-state index contributed by atoms with van der Waals surface area (Å²) in [5.41, 5.74) is 0.866. The van der Waals surface area contributed by atoms with E-state index in [1.165, 1.54) is 13.5 Å². The number of nitrogens with one attached hydrogen (secondary N) is 1. The monoisotopic (exact) mass is 291 g/mol. The molecule has 5 nitrogen and oxygen atoms in total. The van der Waals surface area contributed by atoms with Crippen LogP contribution in [0.2, 0.25) is 0 Å². The zero-order chi connectivity index (χ0) is 15.7. The van der Waals surface area contributed by atoms with Crippen molar-refractivity contribution in [1.82, 2.24) is 10.2 Å². The molecule has 1 aliphatic carbocycles. The Bertz CT molecular complexity index is 493. The predicted molar refractivity (Wildman–Crippen MR) is 82.2 cm³/mol. The van der Waals surface area contributed by atoms with E-state index in [-0.39, 0.29) is 5.69 Å². The van der Waals surface area contributed by atoms with Crippen molar-refractivity contribution in [2.45, 2.75) is 53.0 Å². The van der Waals surface area contributed by atoms with Crippen LogP contribution < -0.4 is 5.32 Å². The Hall–Kier alpha value is -1.65. The third kappa shape index (κ3) is 4.16. The number of carbonyl (C=O) groups is 1. The molecule has 0 spiro atoms. The molecule has 0 aliphatic heterocycles. The van der Waals surface area contributed by atoms with Gasteiger partial charge in [-0.25, -0.2) is 4.79 Å². The van der Waals surface area contributed by atoms with Crippen molar-refractivity contribution in [3.63, 3.8) is 0 Å². The van der Waals surface area contributed by atoms with Gasteiger partial charge in [-0.15, -0.1) is 10.2 Å². The van der Waals surface area contributed by atoms with Crippen molar-refractivity contribution in [1.29, 1.82) is 0 Å². The fourth-order valence-electron chi connectivity index (χ4n) is 3.78. The van der Waals surface area contributed by atoms with Gasteiger partial charge in [0.05, 0.1) is 7.11 Å². The second-order valence-corrected chi connectivity index (χ2v) is 7.55. The Labute approximate surface area is 126 Å². The molecule has 1 heterocycles. The minimum absolute atomic E-state index is 0.229. The summed E-state index contributed by atoms with van der Waals surface area (Å²) in [6.45, 7) is 9.26. The molecule has 1 saturated carbocycles. The maximum atomic E-state index is 11.3. The zero-order valence-corrected chi connectivity index (χ0v) is 13.6. The van der Waals surface area contributed by atoms with Crippen LogP contribution in [0, 0.1) is 10.8 Å². The molecule has 1 fully saturated rings. The molecule has 0 aromatic carbocycles. The molecule has 21 heavy (non-hydrogen) atoms. The van der Waals surface area contributed by atoms with Gasteiger partial charge in [-0.05, 0) is 42.2 Å². The van der Waals surface area contributed by atoms with Crippen LogP contribution in [0.4, 0.5) is 5.82 Å². The normalized spacial score (nSPS) is 20.8. The summed E-state index contributed by atoms with van der Waals surface area (Å²) in [6, 6.07) is 3.80. The number of ether oxygens (including phenoxy) is 1. The fraction of sp³-hybridized carbons (Fsp3) is 0.688. The molecular formula is C16H25N3O2. The first-order valence-electron chi connectivity index (χ1n) is 7.39. The predicted octanol–water partition coefficient (Wildman–Crippen LogP) is 3.28. The number of carbonyl (C=O) groups excluding carboxylic acids is 1. The quantitative estimate of drug-likeness (QED) is 0.866. The van der Waals surface area contributed by atoms with E-state index in [0.29, 0.717) is 22.7 Å². The lowest BCUT2D eigenvalue weighted by Crippen LogP contribution is -2.40. The minimum Gasteiger partial charge on any atom is -0.464 e. The number of anilines is 1. The third-order valence-electron chi connectivity index (χ3n) is 3.97. The number of esters is 1. The van der Waals surface area contributed by atoms with E-state index in [2.05, 4.69) is 47.9 Å². The molecule has 1 aromatic heterocycles. The Kier molecular flexibility index (Phi) is 4.21. The number of rotatable bonds is 3. The maximum Gasteiger partial charge on any atom is 0.358 e. The van der Waals surface area contributed by atoms with E-state index in [1.54, 1.807) is 12.1 Å². The second kappa shape index (κ2) is 5.62. The van der Waals surface area contributed by atoms with E-state index in [9.17, 15) is 4.79 Å². The van der Waals surface area contributed by atoms with Gasteiger partial charge in [0, 0.05) is 6.04 Å². The van der Waals surface area contributed by atoms with Gasteiger partial charge in [-0.1, -0.05) is 27.7 Å². The number of hydrogen-bond donors (Lipinski definition) is 1. The van der Waals surface area contributed by atoms with Gasteiger partial charge < -0.3 is 10.1 Å². The van der Waals surface area contributed by atoms with Crippen LogP contribution in [-0.4, -0.2) is 29.3 Å². The summed E-state index contributed by atoms with van der Waals surface area (Å²) in [4.78, 5) is 11.3. The molecule has 0 bridgehead atoms. The lowest BCUT2D eigenvalue weighted by atomic mass is 9.63. The molecule has 0 radical (unpaired) electrons. The van der Waals surface area contributed by atoms with Gasteiger partial charge in [-0.2, -0.15) is 0 Å². The summed E-state index contributed by atoms with van der Waals surface area (Å²) in [5, 5.41) is 11.4. The van der Waals surface area contributed by atoms with Crippen molar-refractivity contribution < 1.29 is 9.53 Å². The molecule has 2 rings (SSSR count). The first-order chi connectivity index (χ1) is 9.71. The number of methoxy groups -OCH3 is 1. The molecule has 0 unspecified atom stereocenters. The largest absolute Gasteiger partial charge is 0.464 e. The summed E-state index contributed by atoms with van der Waals surface area (Å²) >= 11 is 0. The van der Waals surface area contributed by atoms with Crippen molar-refractivity contribution in [3.8, 4) is 0 Å². The van der Waals surface area contributed by atoms with Gasteiger partial charge in [0.25, 0.3) is 0 Å². The van der Waals surface area contributed by atoms with Gasteiger partial charge in [0.15, 0.2) is 5.69 Å². The third-order valence-corrected chi connectivity index (χ3v) is 3.97. The molecule has 1 aromatic rings. The van der Waals surface area contributed by atoms with Crippen LogP contribution in [0.3, 0.4) is 0 Å². The Morgan fingerprint density at radius 2 is 1.81 bits per heavy atom. The highest BCUT2D eigenvalue weighted by Gasteiger charge is 2.38. The van der Waals surface area contributed by atoms with E-state index < -0.39 is 5.97 Å². The number of hydrogen-bond acceptors (Lipinski definition) is 5. The lowest BCUT2D eigenvalue weighted by molar-refractivity contribution is 0.0593. The highest BCUT2D eigenvalue weighted by Crippen LogP contribution is 2.46. The van der Waals surface area contributed by atoms with E-state index in [0.717, 1.165) is 12.8 Å². The van der Waals surface area contributed by atoms with E-state index in [1.807, 2.05) is 0 Å². The van der Waals surface area contributed by atoms with E-state index >= 15 is 0 Å². The van der Waals surface area contributed by atoms with Crippen molar-refractivity contribution in [3.05, 3.63) is 17.8 Å². The van der Waals surface area contributed by atoms with Crippen LogP contribution in [0.5, 0.6) is 0 Å². The standard InChI is InChI=1S/C16H25N3O2/c1-15(2)8-11(9-16(3,4)10-15)17-13-7-6-12(18-19-13)14(20)21-5/h6-7,11H,8-10H2,1-5H3,(H,17,19). The van der Waals surface area contributed by atoms with Gasteiger partial charge in [0.2, 0.25) is 0 Å². The molecular weight excluding hydrogens is 266 g/mol. The minimum atomic E-state index is -0.464. The number of nitrogens with zero attached hydrogens (tertiary/aromatic N) is 2. The molecule has 0 saturated heterocycles.